The number of hydrogen-bond donors (Lipinski definition) is 1. The zero-order valence-corrected chi connectivity index (χ0v) is 12.7. The van der Waals surface area contributed by atoms with Gasteiger partial charge in [0, 0.05) is 18.3 Å². The standard InChI is InChI=1S/C16H25N3O/c1-4-19(15-7-5-6-13(15)10-17)16(20)14-9-8-11(2)18-12(14)3/h8-9,13,15H,4-7,10,17H2,1-3H3. The average molecular weight is 275 g/mol. The largest absolute Gasteiger partial charge is 0.336 e. The van der Waals surface area contributed by atoms with E-state index in [1.807, 2.05) is 37.8 Å². The lowest BCUT2D eigenvalue weighted by Gasteiger charge is -2.32. The average Bonchev–Trinajstić information content (AvgIpc) is 2.87. The SMILES string of the molecule is CCN(C(=O)c1ccc(C)nc1C)C1CCCC1CN. The van der Waals surface area contributed by atoms with Crippen LogP contribution in [0.3, 0.4) is 0 Å². The Labute approximate surface area is 121 Å². The Bertz CT molecular complexity index is 487. The molecule has 0 aliphatic heterocycles. The van der Waals surface area contributed by atoms with Crippen LogP contribution in [-0.2, 0) is 0 Å². The molecule has 1 amide bonds. The molecule has 110 valence electrons. The molecule has 0 bridgehead atoms. The normalized spacial score (nSPS) is 22.0. The van der Waals surface area contributed by atoms with Gasteiger partial charge in [-0.3, -0.25) is 9.78 Å². The topological polar surface area (TPSA) is 59.2 Å². The van der Waals surface area contributed by atoms with Crippen molar-refractivity contribution in [2.75, 3.05) is 13.1 Å². The van der Waals surface area contributed by atoms with E-state index in [9.17, 15) is 4.79 Å². The molecule has 2 unspecified atom stereocenters. The maximum atomic E-state index is 12.8. The van der Waals surface area contributed by atoms with Gasteiger partial charge in [0.05, 0.1) is 11.3 Å². The summed E-state index contributed by atoms with van der Waals surface area (Å²) in [5, 5.41) is 0. The zero-order chi connectivity index (χ0) is 14.7. The zero-order valence-electron chi connectivity index (χ0n) is 12.7. The summed E-state index contributed by atoms with van der Waals surface area (Å²) in [6, 6.07) is 4.09. The number of carbonyl (C=O) groups is 1. The molecule has 1 saturated carbocycles. The molecule has 0 spiro atoms. The Kier molecular flexibility index (Phi) is 4.76. The summed E-state index contributed by atoms with van der Waals surface area (Å²) in [7, 11) is 0. The van der Waals surface area contributed by atoms with Gasteiger partial charge in [0.15, 0.2) is 0 Å². The first-order valence-corrected chi connectivity index (χ1v) is 7.53. The minimum absolute atomic E-state index is 0.0999. The molecule has 1 fully saturated rings. The van der Waals surface area contributed by atoms with Crippen molar-refractivity contribution in [3.8, 4) is 0 Å². The minimum atomic E-state index is 0.0999. The molecule has 1 aliphatic rings. The molecular formula is C16H25N3O. The van der Waals surface area contributed by atoms with Gasteiger partial charge in [0.25, 0.3) is 5.91 Å². The lowest BCUT2D eigenvalue weighted by molar-refractivity contribution is 0.0651. The van der Waals surface area contributed by atoms with Gasteiger partial charge in [-0.25, -0.2) is 0 Å². The number of nitrogens with two attached hydrogens (primary N) is 1. The third-order valence-electron chi connectivity index (χ3n) is 4.38. The highest BCUT2D eigenvalue weighted by Crippen LogP contribution is 2.30. The van der Waals surface area contributed by atoms with Crippen LogP contribution >= 0.6 is 0 Å². The smallest absolute Gasteiger partial charge is 0.255 e. The van der Waals surface area contributed by atoms with Crippen LogP contribution < -0.4 is 5.73 Å². The second-order valence-corrected chi connectivity index (χ2v) is 5.67. The Hall–Kier alpha value is -1.42. The molecule has 2 N–H and O–H groups in total. The highest BCUT2D eigenvalue weighted by atomic mass is 16.2. The van der Waals surface area contributed by atoms with Gasteiger partial charge in [-0.05, 0) is 58.2 Å². The number of amides is 1. The summed E-state index contributed by atoms with van der Waals surface area (Å²) in [6.07, 6.45) is 3.37. The Morgan fingerprint density at radius 1 is 1.40 bits per heavy atom. The highest BCUT2D eigenvalue weighted by Gasteiger charge is 2.33. The van der Waals surface area contributed by atoms with Crippen molar-refractivity contribution in [2.24, 2.45) is 11.7 Å². The van der Waals surface area contributed by atoms with E-state index < -0.39 is 0 Å². The number of nitrogens with zero attached hydrogens (tertiary/aromatic N) is 2. The van der Waals surface area contributed by atoms with Crippen LogP contribution in [0.5, 0.6) is 0 Å². The quantitative estimate of drug-likeness (QED) is 0.917. The molecule has 2 rings (SSSR count). The Balaban J connectivity index is 2.24. The first-order valence-electron chi connectivity index (χ1n) is 7.53. The van der Waals surface area contributed by atoms with Crippen LogP contribution in [0.25, 0.3) is 0 Å². The molecule has 0 radical (unpaired) electrons. The monoisotopic (exact) mass is 275 g/mol. The summed E-state index contributed by atoms with van der Waals surface area (Å²) < 4.78 is 0. The Morgan fingerprint density at radius 3 is 2.75 bits per heavy atom. The molecule has 4 nitrogen and oxygen atoms in total. The molecular weight excluding hydrogens is 250 g/mol. The van der Waals surface area contributed by atoms with Gasteiger partial charge in [-0.2, -0.15) is 0 Å². The van der Waals surface area contributed by atoms with Crippen LogP contribution in [0.2, 0.25) is 0 Å². The summed E-state index contributed by atoms with van der Waals surface area (Å²) in [5.41, 5.74) is 8.34. The molecule has 1 aliphatic carbocycles. The van der Waals surface area contributed by atoms with E-state index >= 15 is 0 Å². The van der Waals surface area contributed by atoms with Gasteiger partial charge in [-0.15, -0.1) is 0 Å². The molecule has 0 aromatic carbocycles. The summed E-state index contributed by atoms with van der Waals surface area (Å²) in [4.78, 5) is 19.2. The number of aryl methyl sites for hydroxylation is 2. The lowest BCUT2D eigenvalue weighted by atomic mass is 10.0. The van der Waals surface area contributed by atoms with E-state index in [1.165, 1.54) is 6.42 Å². The van der Waals surface area contributed by atoms with E-state index in [0.717, 1.165) is 36.3 Å². The third-order valence-corrected chi connectivity index (χ3v) is 4.38. The van der Waals surface area contributed by atoms with Crippen molar-refractivity contribution in [2.45, 2.75) is 46.1 Å². The number of pyridine rings is 1. The molecule has 20 heavy (non-hydrogen) atoms. The summed E-state index contributed by atoms with van der Waals surface area (Å²) >= 11 is 0. The van der Waals surface area contributed by atoms with Crippen molar-refractivity contribution in [1.29, 1.82) is 0 Å². The van der Waals surface area contributed by atoms with E-state index in [2.05, 4.69) is 4.98 Å². The minimum Gasteiger partial charge on any atom is -0.336 e. The van der Waals surface area contributed by atoms with E-state index in [1.54, 1.807) is 0 Å². The maximum Gasteiger partial charge on any atom is 0.255 e. The fourth-order valence-corrected chi connectivity index (χ4v) is 3.30. The lowest BCUT2D eigenvalue weighted by Crippen LogP contribution is -2.44. The van der Waals surface area contributed by atoms with Crippen molar-refractivity contribution < 1.29 is 4.79 Å². The highest BCUT2D eigenvalue weighted by molar-refractivity contribution is 5.95. The molecule has 1 aromatic heterocycles. The van der Waals surface area contributed by atoms with Crippen molar-refractivity contribution in [1.82, 2.24) is 9.88 Å². The van der Waals surface area contributed by atoms with Crippen molar-refractivity contribution in [3.63, 3.8) is 0 Å². The second-order valence-electron chi connectivity index (χ2n) is 5.67. The van der Waals surface area contributed by atoms with E-state index in [0.29, 0.717) is 18.5 Å². The summed E-state index contributed by atoms with van der Waals surface area (Å²) in [5.74, 6) is 0.542. The van der Waals surface area contributed by atoms with Gasteiger partial charge >= 0.3 is 0 Å². The van der Waals surface area contributed by atoms with Crippen molar-refractivity contribution in [3.05, 3.63) is 29.1 Å². The van der Waals surface area contributed by atoms with Crippen LogP contribution in [0.1, 0.15) is 47.9 Å². The Morgan fingerprint density at radius 2 is 2.15 bits per heavy atom. The van der Waals surface area contributed by atoms with Crippen LogP contribution in [-0.4, -0.2) is 34.9 Å². The summed E-state index contributed by atoms with van der Waals surface area (Å²) in [6.45, 7) is 7.29. The fraction of sp³-hybridized carbons (Fsp3) is 0.625. The van der Waals surface area contributed by atoms with Gasteiger partial charge in [0.2, 0.25) is 0 Å². The number of rotatable bonds is 4. The first-order chi connectivity index (χ1) is 9.58. The number of hydrogen-bond acceptors (Lipinski definition) is 3. The van der Waals surface area contributed by atoms with Crippen LogP contribution in [0, 0.1) is 19.8 Å². The van der Waals surface area contributed by atoms with E-state index in [4.69, 9.17) is 5.73 Å². The first kappa shape index (κ1) is 15.0. The molecule has 1 aromatic rings. The molecule has 4 heteroatoms. The fourth-order valence-electron chi connectivity index (χ4n) is 3.30. The van der Waals surface area contributed by atoms with E-state index in [-0.39, 0.29) is 5.91 Å². The third kappa shape index (κ3) is 2.85. The van der Waals surface area contributed by atoms with Crippen LogP contribution in [0.4, 0.5) is 0 Å². The van der Waals surface area contributed by atoms with Gasteiger partial charge in [0.1, 0.15) is 0 Å². The van der Waals surface area contributed by atoms with Gasteiger partial charge < -0.3 is 10.6 Å². The van der Waals surface area contributed by atoms with Gasteiger partial charge in [-0.1, -0.05) is 6.42 Å². The maximum absolute atomic E-state index is 12.8. The van der Waals surface area contributed by atoms with Crippen LogP contribution in [0.15, 0.2) is 12.1 Å². The van der Waals surface area contributed by atoms with Crippen molar-refractivity contribution >= 4 is 5.91 Å². The second kappa shape index (κ2) is 6.35. The predicted molar refractivity (Wildman–Crippen MR) is 80.6 cm³/mol. The molecule has 0 saturated heterocycles. The number of carbonyl (C=O) groups excluding carboxylic acids is 1. The molecule has 1 heterocycles. The molecule has 2 atom stereocenters. The predicted octanol–water partition coefficient (Wildman–Crippen LogP) is 2.29. The number of aromatic nitrogens is 1.